The number of benzene rings is 1. The molecule has 0 bridgehead atoms. The number of hydrogen-bond donors (Lipinski definition) is 0. The van der Waals surface area contributed by atoms with Crippen LogP contribution in [0, 0.1) is 0 Å². The lowest BCUT2D eigenvalue weighted by Gasteiger charge is -2.13. The standard InChI is InChI=1S/C14H16N2O5/c1-4-12-15-16-13(21-12)8-20-14-10(18-2)5-9(7-17)6-11(14)19-3/h5-7H,4,8H2,1-3H3. The van der Waals surface area contributed by atoms with E-state index in [0.29, 0.717) is 47.3 Å². The molecule has 0 aliphatic heterocycles. The van der Waals surface area contributed by atoms with E-state index in [0.717, 1.165) is 0 Å². The van der Waals surface area contributed by atoms with Crippen LogP contribution < -0.4 is 14.2 Å². The maximum atomic E-state index is 10.9. The van der Waals surface area contributed by atoms with Crippen molar-refractivity contribution in [3.63, 3.8) is 0 Å². The molecular formula is C14H16N2O5. The number of aldehydes is 1. The monoisotopic (exact) mass is 292 g/mol. The average Bonchev–Trinajstić information content (AvgIpc) is 2.99. The fourth-order valence-electron chi connectivity index (χ4n) is 1.73. The topological polar surface area (TPSA) is 83.7 Å². The van der Waals surface area contributed by atoms with Gasteiger partial charge >= 0.3 is 0 Å². The summed E-state index contributed by atoms with van der Waals surface area (Å²) in [5.41, 5.74) is 0.433. The Morgan fingerprint density at radius 3 is 2.24 bits per heavy atom. The van der Waals surface area contributed by atoms with Crippen LogP contribution in [-0.2, 0) is 13.0 Å². The summed E-state index contributed by atoms with van der Waals surface area (Å²) in [7, 11) is 2.97. The predicted octanol–water partition coefficient (Wildman–Crippen LogP) is 2.04. The van der Waals surface area contributed by atoms with Crippen LogP contribution in [0.4, 0.5) is 0 Å². The van der Waals surface area contributed by atoms with Crippen LogP contribution in [0.1, 0.15) is 29.1 Å². The van der Waals surface area contributed by atoms with Gasteiger partial charge in [-0.15, -0.1) is 10.2 Å². The highest BCUT2D eigenvalue weighted by molar-refractivity contribution is 5.78. The molecule has 1 aromatic carbocycles. The van der Waals surface area contributed by atoms with Crippen molar-refractivity contribution in [3.8, 4) is 17.2 Å². The number of rotatable bonds is 7. The molecule has 0 atom stereocenters. The van der Waals surface area contributed by atoms with Crippen molar-refractivity contribution in [1.82, 2.24) is 10.2 Å². The van der Waals surface area contributed by atoms with Crippen molar-refractivity contribution in [2.24, 2.45) is 0 Å². The first kappa shape index (κ1) is 14.8. The van der Waals surface area contributed by atoms with Gasteiger partial charge in [0.2, 0.25) is 11.6 Å². The van der Waals surface area contributed by atoms with Crippen LogP contribution in [0.2, 0.25) is 0 Å². The Labute approximate surface area is 121 Å². The average molecular weight is 292 g/mol. The Bertz CT molecular complexity index is 599. The van der Waals surface area contributed by atoms with Crippen molar-refractivity contribution in [1.29, 1.82) is 0 Å². The minimum Gasteiger partial charge on any atom is -0.493 e. The van der Waals surface area contributed by atoms with Crippen LogP contribution in [0.5, 0.6) is 17.2 Å². The van der Waals surface area contributed by atoms with Crippen molar-refractivity contribution in [2.45, 2.75) is 20.0 Å². The van der Waals surface area contributed by atoms with E-state index in [-0.39, 0.29) is 6.61 Å². The molecule has 1 aromatic heterocycles. The van der Waals surface area contributed by atoms with Crippen LogP contribution in [-0.4, -0.2) is 30.7 Å². The normalized spacial score (nSPS) is 10.2. The molecule has 0 spiro atoms. The fraction of sp³-hybridized carbons (Fsp3) is 0.357. The van der Waals surface area contributed by atoms with E-state index in [1.165, 1.54) is 14.2 Å². The van der Waals surface area contributed by atoms with E-state index >= 15 is 0 Å². The highest BCUT2D eigenvalue weighted by atomic mass is 16.5. The van der Waals surface area contributed by atoms with E-state index in [1.807, 2.05) is 6.92 Å². The number of ether oxygens (including phenoxy) is 3. The first-order chi connectivity index (χ1) is 10.2. The Morgan fingerprint density at radius 1 is 1.14 bits per heavy atom. The molecule has 112 valence electrons. The zero-order valence-corrected chi connectivity index (χ0v) is 12.1. The highest BCUT2D eigenvalue weighted by Gasteiger charge is 2.15. The van der Waals surface area contributed by atoms with Gasteiger partial charge in [-0.05, 0) is 12.1 Å². The second-order valence-corrected chi connectivity index (χ2v) is 4.10. The zero-order chi connectivity index (χ0) is 15.2. The highest BCUT2D eigenvalue weighted by Crippen LogP contribution is 2.38. The minimum atomic E-state index is 0.0835. The van der Waals surface area contributed by atoms with Crippen molar-refractivity contribution in [2.75, 3.05) is 14.2 Å². The molecule has 1 heterocycles. The van der Waals surface area contributed by atoms with E-state index in [2.05, 4.69) is 10.2 Å². The number of carbonyl (C=O) groups excluding carboxylic acids is 1. The van der Waals surface area contributed by atoms with Crippen LogP contribution in [0.15, 0.2) is 16.5 Å². The summed E-state index contributed by atoms with van der Waals surface area (Å²) < 4.78 is 21.4. The summed E-state index contributed by atoms with van der Waals surface area (Å²) in [6.45, 7) is 2.00. The van der Waals surface area contributed by atoms with E-state index in [9.17, 15) is 4.79 Å². The lowest BCUT2D eigenvalue weighted by atomic mass is 10.2. The molecule has 0 amide bonds. The summed E-state index contributed by atoms with van der Waals surface area (Å²) in [5, 5.41) is 7.72. The third-order valence-electron chi connectivity index (χ3n) is 2.77. The number of aryl methyl sites for hydroxylation is 1. The van der Waals surface area contributed by atoms with Gasteiger partial charge < -0.3 is 18.6 Å². The second-order valence-electron chi connectivity index (χ2n) is 4.10. The van der Waals surface area contributed by atoms with Crippen molar-refractivity contribution >= 4 is 6.29 Å². The molecule has 0 N–H and O–H groups in total. The molecule has 21 heavy (non-hydrogen) atoms. The van der Waals surface area contributed by atoms with Gasteiger partial charge in [-0.25, -0.2) is 0 Å². The van der Waals surface area contributed by atoms with Crippen molar-refractivity contribution in [3.05, 3.63) is 29.5 Å². The maximum absolute atomic E-state index is 10.9. The molecule has 0 aliphatic rings. The molecule has 7 heteroatoms. The van der Waals surface area contributed by atoms with Crippen LogP contribution in [0.25, 0.3) is 0 Å². The largest absolute Gasteiger partial charge is 0.493 e. The van der Waals surface area contributed by atoms with E-state index in [4.69, 9.17) is 18.6 Å². The Hall–Kier alpha value is -2.57. The Balaban J connectivity index is 2.23. The number of hydrogen-bond acceptors (Lipinski definition) is 7. The fourth-order valence-corrected chi connectivity index (χ4v) is 1.73. The van der Waals surface area contributed by atoms with Gasteiger partial charge in [0.25, 0.3) is 5.89 Å². The number of aromatic nitrogens is 2. The number of methoxy groups -OCH3 is 2. The molecule has 0 saturated carbocycles. The van der Waals surface area contributed by atoms with Gasteiger partial charge in [0.1, 0.15) is 6.29 Å². The first-order valence-electron chi connectivity index (χ1n) is 6.37. The second kappa shape index (κ2) is 6.74. The van der Waals surface area contributed by atoms with E-state index in [1.54, 1.807) is 12.1 Å². The molecule has 0 unspecified atom stereocenters. The molecule has 0 saturated heterocycles. The molecule has 7 nitrogen and oxygen atoms in total. The molecule has 0 radical (unpaired) electrons. The summed E-state index contributed by atoms with van der Waals surface area (Å²) in [5.74, 6) is 2.07. The molecule has 2 rings (SSSR count). The summed E-state index contributed by atoms with van der Waals surface area (Å²) in [4.78, 5) is 10.9. The smallest absolute Gasteiger partial charge is 0.253 e. The predicted molar refractivity (Wildman–Crippen MR) is 72.9 cm³/mol. The van der Waals surface area contributed by atoms with Gasteiger partial charge in [-0.1, -0.05) is 6.92 Å². The summed E-state index contributed by atoms with van der Waals surface area (Å²) in [6.07, 6.45) is 1.37. The van der Waals surface area contributed by atoms with Gasteiger partial charge in [-0.3, -0.25) is 4.79 Å². The summed E-state index contributed by atoms with van der Waals surface area (Å²) >= 11 is 0. The number of nitrogens with zero attached hydrogens (tertiary/aromatic N) is 2. The Morgan fingerprint density at radius 2 is 1.76 bits per heavy atom. The zero-order valence-electron chi connectivity index (χ0n) is 12.1. The van der Waals surface area contributed by atoms with E-state index < -0.39 is 0 Å². The van der Waals surface area contributed by atoms with Gasteiger partial charge in [0.15, 0.2) is 18.1 Å². The van der Waals surface area contributed by atoms with Crippen LogP contribution in [0.3, 0.4) is 0 Å². The lowest BCUT2D eigenvalue weighted by molar-refractivity contribution is 0.112. The third kappa shape index (κ3) is 3.31. The molecular weight excluding hydrogens is 276 g/mol. The molecule has 2 aromatic rings. The minimum absolute atomic E-state index is 0.0835. The quantitative estimate of drug-likeness (QED) is 0.722. The van der Waals surface area contributed by atoms with Crippen molar-refractivity contribution < 1.29 is 23.4 Å². The summed E-state index contributed by atoms with van der Waals surface area (Å²) in [6, 6.07) is 3.13. The first-order valence-corrected chi connectivity index (χ1v) is 6.37. The van der Waals surface area contributed by atoms with Crippen LogP contribution >= 0.6 is 0 Å². The lowest BCUT2D eigenvalue weighted by Crippen LogP contribution is -2.01. The van der Waals surface area contributed by atoms with Gasteiger partial charge in [-0.2, -0.15) is 0 Å². The molecule has 0 fully saturated rings. The number of carbonyl (C=O) groups is 1. The maximum Gasteiger partial charge on any atom is 0.253 e. The van der Waals surface area contributed by atoms with Gasteiger partial charge in [0, 0.05) is 12.0 Å². The third-order valence-corrected chi connectivity index (χ3v) is 2.77. The molecule has 0 aliphatic carbocycles. The SMILES string of the molecule is CCc1nnc(COc2c(OC)cc(C=O)cc2OC)o1. The Kier molecular flexibility index (Phi) is 4.76. The van der Waals surface area contributed by atoms with Gasteiger partial charge in [0.05, 0.1) is 14.2 Å².